The van der Waals surface area contributed by atoms with E-state index in [1.807, 2.05) is 61.5 Å². The fraction of sp³-hybridized carbons (Fsp3) is 0.364. The van der Waals surface area contributed by atoms with Crippen molar-refractivity contribution in [3.05, 3.63) is 65.7 Å². The lowest BCUT2D eigenvalue weighted by Gasteiger charge is -2.39. The molecule has 2 aromatic carbocycles. The van der Waals surface area contributed by atoms with E-state index in [-0.39, 0.29) is 11.8 Å². The summed E-state index contributed by atoms with van der Waals surface area (Å²) in [6.07, 6.45) is 2.38. The molecule has 0 saturated carbocycles. The van der Waals surface area contributed by atoms with Crippen molar-refractivity contribution in [3.63, 3.8) is 0 Å². The summed E-state index contributed by atoms with van der Waals surface area (Å²) in [6, 6.07) is 16.9. The molecule has 2 aromatic rings. The first-order valence-corrected chi connectivity index (χ1v) is 9.45. The fourth-order valence-electron chi connectivity index (χ4n) is 3.58. The molecule has 5 heteroatoms. The van der Waals surface area contributed by atoms with Crippen molar-refractivity contribution in [2.24, 2.45) is 5.41 Å². The molecule has 1 aliphatic heterocycles. The molecule has 1 atom stereocenters. The number of anilines is 1. The molecule has 0 aliphatic carbocycles. The third-order valence-electron chi connectivity index (χ3n) is 5.23. The highest BCUT2D eigenvalue weighted by atomic mass is 16.2. The van der Waals surface area contributed by atoms with E-state index in [0.717, 1.165) is 30.5 Å². The number of nitrogens with one attached hydrogen (secondary N) is 1. The predicted molar refractivity (Wildman–Crippen MR) is 107 cm³/mol. The van der Waals surface area contributed by atoms with E-state index in [1.165, 1.54) is 0 Å². The molecule has 0 spiro atoms. The minimum Gasteiger partial charge on any atom is -0.399 e. The topological polar surface area (TPSA) is 75.4 Å². The molecule has 1 unspecified atom stereocenters. The monoisotopic (exact) mass is 365 g/mol. The van der Waals surface area contributed by atoms with E-state index in [2.05, 4.69) is 5.32 Å². The molecule has 27 heavy (non-hydrogen) atoms. The third-order valence-corrected chi connectivity index (χ3v) is 5.23. The molecular formula is C22H27N3O2. The van der Waals surface area contributed by atoms with E-state index >= 15 is 0 Å². The van der Waals surface area contributed by atoms with Gasteiger partial charge in [-0.15, -0.1) is 0 Å². The van der Waals surface area contributed by atoms with E-state index in [0.29, 0.717) is 25.2 Å². The molecule has 1 heterocycles. The molecule has 1 saturated heterocycles. The largest absolute Gasteiger partial charge is 0.399 e. The summed E-state index contributed by atoms with van der Waals surface area (Å²) in [7, 11) is 0. The highest BCUT2D eigenvalue weighted by Crippen LogP contribution is 2.30. The van der Waals surface area contributed by atoms with Gasteiger partial charge in [-0.1, -0.05) is 30.3 Å². The quantitative estimate of drug-likeness (QED) is 0.800. The van der Waals surface area contributed by atoms with Crippen LogP contribution in [0.2, 0.25) is 0 Å². The number of rotatable bonds is 5. The second-order valence-electron chi connectivity index (χ2n) is 7.50. The fourth-order valence-corrected chi connectivity index (χ4v) is 3.58. The lowest BCUT2D eigenvalue weighted by molar-refractivity contribution is -0.132. The van der Waals surface area contributed by atoms with Crippen LogP contribution in [-0.2, 0) is 11.2 Å². The summed E-state index contributed by atoms with van der Waals surface area (Å²) < 4.78 is 0. The normalized spacial score (nSPS) is 19.5. The zero-order valence-corrected chi connectivity index (χ0v) is 15.8. The molecule has 3 rings (SSSR count). The van der Waals surface area contributed by atoms with Gasteiger partial charge in [-0.3, -0.25) is 9.59 Å². The van der Waals surface area contributed by atoms with Gasteiger partial charge in [-0.25, -0.2) is 0 Å². The maximum Gasteiger partial charge on any atom is 0.253 e. The second kappa shape index (κ2) is 8.25. The van der Waals surface area contributed by atoms with Gasteiger partial charge >= 0.3 is 0 Å². The Morgan fingerprint density at radius 2 is 1.81 bits per heavy atom. The number of hydrogen-bond donors (Lipinski definition) is 2. The summed E-state index contributed by atoms with van der Waals surface area (Å²) in [5.41, 5.74) is 7.69. The van der Waals surface area contributed by atoms with E-state index in [4.69, 9.17) is 5.73 Å². The SMILES string of the molecule is CC1(C(=O)NCCc2ccc(N)cc2)CCCN(C(=O)c2ccccc2)C1. The Kier molecular flexibility index (Phi) is 5.79. The van der Waals surface area contributed by atoms with Crippen LogP contribution in [0.3, 0.4) is 0 Å². The van der Waals surface area contributed by atoms with Crippen LogP contribution in [0.1, 0.15) is 35.7 Å². The van der Waals surface area contributed by atoms with Crippen LogP contribution in [0, 0.1) is 5.41 Å². The molecule has 142 valence electrons. The molecule has 5 nitrogen and oxygen atoms in total. The van der Waals surface area contributed by atoms with Crippen molar-refractivity contribution in [2.45, 2.75) is 26.2 Å². The Morgan fingerprint density at radius 1 is 1.11 bits per heavy atom. The number of hydrogen-bond acceptors (Lipinski definition) is 3. The van der Waals surface area contributed by atoms with Gasteiger partial charge in [-0.2, -0.15) is 0 Å². The maximum atomic E-state index is 12.8. The number of nitrogens with two attached hydrogens (primary N) is 1. The van der Waals surface area contributed by atoms with Crippen LogP contribution in [0.4, 0.5) is 5.69 Å². The van der Waals surface area contributed by atoms with Gasteiger partial charge in [0.1, 0.15) is 0 Å². The Balaban J connectivity index is 1.56. The van der Waals surface area contributed by atoms with Crippen molar-refractivity contribution in [3.8, 4) is 0 Å². The highest BCUT2D eigenvalue weighted by Gasteiger charge is 2.39. The van der Waals surface area contributed by atoms with Crippen molar-refractivity contribution >= 4 is 17.5 Å². The van der Waals surface area contributed by atoms with Gasteiger partial charge in [0.25, 0.3) is 5.91 Å². The summed E-state index contributed by atoms with van der Waals surface area (Å²) in [6.45, 7) is 3.68. The van der Waals surface area contributed by atoms with E-state index in [9.17, 15) is 9.59 Å². The number of carbonyl (C=O) groups is 2. The van der Waals surface area contributed by atoms with E-state index in [1.54, 1.807) is 4.90 Å². The number of nitrogen functional groups attached to an aromatic ring is 1. The van der Waals surface area contributed by atoms with Crippen LogP contribution in [0.25, 0.3) is 0 Å². The second-order valence-corrected chi connectivity index (χ2v) is 7.50. The maximum absolute atomic E-state index is 12.8. The Bertz CT molecular complexity index is 789. The number of benzene rings is 2. The smallest absolute Gasteiger partial charge is 0.253 e. The first kappa shape index (κ1) is 19.0. The first-order valence-electron chi connectivity index (χ1n) is 9.45. The minimum absolute atomic E-state index is 0.00352. The zero-order valence-electron chi connectivity index (χ0n) is 15.8. The molecule has 1 fully saturated rings. The third kappa shape index (κ3) is 4.67. The van der Waals surface area contributed by atoms with Crippen LogP contribution in [-0.4, -0.2) is 36.3 Å². The van der Waals surface area contributed by atoms with Gasteiger partial charge in [-0.05, 0) is 56.0 Å². The zero-order chi connectivity index (χ0) is 19.3. The average Bonchev–Trinajstić information content (AvgIpc) is 2.69. The van der Waals surface area contributed by atoms with Crippen molar-refractivity contribution in [1.82, 2.24) is 10.2 Å². The Morgan fingerprint density at radius 3 is 2.52 bits per heavy atom. The Labute approximate surface area is 160 Å². The summed E-state index contributed by atoms with van der Waals surface area (Å²) >= 11 is 0. The number of piperidine rings is 1. The van der Waals surface area contributed by atoms with Crippen LogP contribution in [0.15, 0.2) is 54.6 Å². The number of carbonyl (C=O) groups excluding carboxylic acids is 2. The molecule has 2 amide bonds. The predicted octanol–water partition coefficient (Wildman–Crippen LogP) is 2.87. The van der Waals surface area contributed by atoms with E-state index < -0.39 is 5.41 Å². The van der Waals surface area contributed by atoms with Gasteiger partial charge in [0.2, 0.25) is 5.91 Å². The highest BCUT2D eigenvalue weighted by molar-refractivity contribution is 5.95. The molecular weight excluding hydrogens is 338 g/mol. The lowest BCUT2D eigenvalue weighted by Crippen LogP contribution is -2.52. The molecule has 1 aliphatic rings. The first-order chi connectivity index (χ1) is 13.0. The summed E-state index contributed by atoms with van der Waals surface area (Å²) in [4.78, 5) is 27.3. The number of amides is 2. The minimum atomic E-state index is -0.552. The van der Waals surface area contributed by atoms with Crippen molar-refractivity contribution in [1.29, 1.82) is 0 Å². The molecule has 0 aromatic heterocycles. The van der Waals surface area contributed by atoms with Gasteiger partial charge in [0.15, 0.2) is 0 Å². The van der Waals surface area contributed by atoms with Crippen molar-refractivity contribution < 1.29 is 9.59 Å². The number of nitrogens with zero attached hydrogens (tertiary/aromatic N) is 1. The average molecular weight is 365 g/mol. The van der Waals surface area contributed by atoms with Gasteiger partial charge < -0.3 is 16.0 Å². The van der Waals surface area contributed by atoms with Crippen LogP contribution in [0.5, 0.6) is 0 Å². The van der Waals surface area contributed by atoms with Gasteiger partial charge in [0, 0.05) is 30.9 Å². The summed E-state index contributed by atoms with van der Waals surface area (Å²) in [5.74, 6) is 0.0136. The molecule has 0 radical (unpaired) electrons. The van der Waals surface area contributed by atoms with Crippen molar-refractivity contribution in [2.75, 3.05) is 25.4 Å². The molecule has 0 bridgehead atoms. The summed E-state index contributed by atoms with van der Waals surface area (Å²) in [5, 5.41) is 3.05. The number of likely N-dealkylation sites (tertiary alicyclic amines) is 1. The molecule has 3 N–H and O–H groups in total. The lowest BCUT2D eigenvalue weighted by atomic mass is 9.80. The van der Waals surface area contributed by atoms with Crippen LogP contribution >= 0.6 is 0 Å². The standard InChI is InChI=1S/C22H27N3O2/c1-22(21(27)24-14-12-17-8-10-19(23)11-9-17)13-5-15-25(16-22)20(26)18-6-3-2-4-7-18/h2-4,6-11H,5,12-16,23H2,1H3,(H,24,27). The van der Waals surface area contributed by atoms with Crippen LogP contribution < -0.4 is 11.1 Å². The Hall–Kier alpha value is -2.82. The van der Waals surface area contributed by atoms with Gasteiger partial charge in [0.05, 0.1) is 5.41 Å².